The second-order valence-electron chi connectivity index (χ2n) is 6.56. The molecule has 1 amide bonds. The summed E-state index contributed by atoms with van der Waals surface area (Å²) < 4.78 is 18.5. The van der Waals surface area contributed by atoms with Gasteiger partial charge in [-0.05, 0) is 18.2 Å². The number of benzene rings is 1. The van der Waals surface area contributed by atoms with Gasteiger partial charge in [-0.25, -0.2) is 19.7 Å². The quantitative estimate of drug-likeness (QED) is 0.615. The molecular formula is C17H21ClFN3O4+. The molecule has 1 N–H and O–H groups in total. The van der Waals surface area contributed by atoms with Crippen LogP contribution in [-0.4, -0.2) is 66.8 Å². The van der Waals surface area contributed by atoms with Crippen molar-refractivity contribution in [1.82, 2.24) is 4.90 Å². The van der Waals surface area contributed by atoms with Gasteiger partial charge in [-0.3, -0.25) is 9.69 Å². The van der Waals surface area contributed by atoms with Crippen molar-refractivity contribution < 1.29 is 28.4 Å². The average Bonchev–Trinajstić information content (AvgIpc) is 3.06. The Labute approximate surface area is 155 Å². The third kappa shape index (κ3) is 3.98. The third-order valence-electron chi connectivity index (χ3n) is 4.85. The van der Waals surface area contributed by atoms with E-state index >= 15 is 0 Å². The van der Waals surface area contributed by atoms with E-state index in [4.69, 9.17) is 16.3 Å². The number of amides is 1. The number of carbonyl (C=O) groups excluding carboxylic acids is 2. The summed E-state index contributed by atoms with van der Waals surface area (Å²) >= 11 is 5.85. The number of piperazine rings is 1. The number of anilines is 1. The van der Waals surface area contributed by atoms with Gasteiger partial charge in [0.1, 0.15) is 18.9 Å². The van der Waals surface area contributed by atoms with E-state index in [9.17, 15) is 19.1 Å². The molecule has 7 nitrogen and oxygen atoms in total. The maximum absolute atomic E-state index is 13.4. The predicted octanol–water partition coefficient (Wildman–Crippen LogP) is 1.60. The molecule has 2 aliphatic rings. The first-order valence-corrected chi connectivity index (χ1v) is 8.96. The Balaban J connectivity index is 1.82. The molecule has 2 aliphatic heterocycles. The standard InChI is InChI=1S/C17H21ClFN3O4/c18-13-11-12(1-2-14(13)19)20-22(8-5-21(6-9-22)7-10-23)17(25)15-3-4-16(24)26-15/h1-2,11,15,20H,3-10H2/q+1/t15-/m0/s1. The van der Waals surface area contributed by atoms with Crippen molar-refractivity contribution in [1.29, 1.82) is 0 Å². The molecule has 1 aromatic carbocycles. The number of halogens is 2. The highest BCUT2D eigenvalue weighted by Gasteiger charge is 2.48. The molecule has 2 saturated heterocycles. The van der Waals surface area contributed by atoms with E-state index in [2.05, 4.69) is 5.43 Å². The number of carbonyl (C=O) groups is 2. The Kier molecular flexibility index (Phi) is 5.76. The lowest BCUT2D eigenvalue weighted by Crippen LogP contribution is -2.67. The molecule has 0 unspecified atom stereocenters. The molecule has 0 saturated carbocycles. The SMILES string of the molecule is [O]CCN1CC[N+](Nc2ccc(F)c(Cl)c2)(C(=O)[C@@H]2CCC(=O)O2)CC1. The number of nitrogens with zero attached hydrogens (tertiary/aromatic N) is 2. The average molecular weight is 386 g/mol. The molecule has 141 valence electrons. The summed E-state index contributed by atoms with van der Waals surface area (Å²) in [7, 11) is 0. The number of ether oxygens (including phenoxy) is 1. The van der Waals surface area contributed by atoms with Crippen molar-refractivity contribution in [2.24, 2.45) is 0 Å². The van der Waals surface area contributed by atoms with Gasteiger partial charge >= 0.3 is 11.9 Å². The molecule has 9 heteroatoms. The van der Waals surface area contributed by atoms with E-state index in [0.29, 0.717) is 44.8 Å². The van der Waals surface area contributed by atoms with E-state index in [0.717, 1.165) is 0 Å². The molecule has 3 rings (SSSR count). The molecule has 0 aliphatic carbocycles. The van der Waals surface area contributed by atoms with Crippen LogP contribution in [0.25, 0.3) is 0 Å². The van der Waals surface area contributed by atoms with Crippen molar-refractivity contribution in [2.45, 2.75) is 18.9 Å². The zero-order chi connectivity index (χ0) is 18.7. The first-order chi connectivity index (χ1) is 12.4. The van der Waals surface area contributed by atoms with Crippen LogP contribution in [0.3, 0.4) is 0 Å². The number of cyclic esters (lactones) is 1. The largest absolute Gasteiger partial charge is 0.448 e. The smallest absolute Gasteiger partial charge is 0.378 e. The van der Waals surface area contributed by atoms with Crippen molar-refractivity contribution in [2.75, 3.05) is 44.8 Å². The number of hydrogen-bond acceptors (Lipinski definition) is 5. The van der Waals surface area contributed by atoms with Crippen molar-refractivity contribution in [3.63, 3.8) is 0 Å². The van der Waals surface area contributed by atoms with Gasteiger partial charge in [-0.2, -0.15) is 4.59 Å². The highest BCUT2D eigenvalue weighted by Crippen LogP contribution is 2.26. The number of hydrogen-bond donors (Lipinski definition) is 1. The van der Waals surface area contributed by atoms with Crippen LogP contribution in [0.2, 0.25) is 5.02 Å². The fourth-order valence-corrected chi connectivity index (χ4v) is 3.56. The Hall–Kier alpha value is -1.74. The van der Waals surface area contributed by atoms with Gasteiger partial charge in [0, 0.05) is 19.4 Å². The Morgan fingerprint density at radius 3 is 2.69 bits per heavy atom. The van der Waals surface area contributed by atoms with Gasteiger partial charge < -0.3 is 4.74 Å². The van der Waals surface area contributed by atoms with Gasteiger partial charge in [0.2, 0.25) is 6.10 Å². The maximum atomic E-state index is 13.4. The van der Waals surface area contributed by atoms with E-state index in [1.165, 1.54) is 18.2 Å². The van der Waals surface area contributed by atoms with Gasteiger partial charge in [-0.15, -0.1) is 0 Å². The van der Waals surface area contributed by atoms with Gasteiger partial charge in [0.25, 0.3) is 0 Å². The van der Waals surface area contributed by atoms with Crippen molar-refractivity contribution >= 4 is 29.2 Å². The molecular weight excluding hydrogens is 365 g/mol. The maximum Gasteiger partial charge on any atom is 0.378 e. The van der Waals surface area contributed by atoms with Gasteiger partial charge in [0.05, 0.1) is 30.4 Å². The molecule has 1 aromatic rings. The van der Waals surface area contributed by atoms with Gasteiger partial charge in [0.15, 0.2) is 0 Å². The van der Waals surface area contributed by atoms with Crippen LogP contribution < -0.4 is 5.43 Å². The van der Waals surface area contributed by atoms with Crippen LogP contribution in [0, 0.1) is 5.82 Å². The fourth-order valence-electron chi connectivity index (χ4n) is 3.38. The lowest BCUT2D eigenvalue weighted by molar-refractivity contribution is -0.839. The molecule has 0 spiro atoms. The summed E-state index contributed by atoms with van der Waals surface area (Å²) in [5.74, 6) is -1.16. The predicted molar refractivity (Wildman–Crippen MR) is 91.1 cm³/mol. The molecule has 26 heavy (non-hydrogen) atoms. The van der Waals surface area contributed by atoms with Crippen molar-refractivity contribution in [3.05, 3.63) is 29.0 Å². The second-order valence-corrected chi connectivity index (χ2v) is 6.96. The molecule has 1 atom stereocenters. The minimum atomic E-state index is -0.794. The highest BCUT2D eigenvalue weighted by atomic mass is 35.5. The van der Waals surface area contributed by atoms with Crippen LogP contribution in [-0.2, 0) is 19.4 Å². The summed E-state index contributed by atoms with van der Waals surface area (Å²) in [4.78, 5) is 26.5. The number of rotatable bonds is 5. The van der Waals surface area contributed by atoms with E-state index in [1.54, 1.807) is 0 Å². The minimum absolute atomic E-state index is 0.0436. The lowest BCUT2D eigenvalue weighted by atomic mass is 10.1. The molecule has 0 aromatic heterocycles. The van der Waals surface area contributed by atoms with E-state index < -0.39 is 11.9 Å². The fraction of sp³-hybridized carbons (Fsp3) is 0.529. The lowest BCUT2D eigenvalue weighted by Gasteiger charge is -2.42. The normalized spacial score (nSPS) is 22.9. The topological polar surface area (TPSA) is 78.5 Å². The van der Waals surface area contributed by atoms with E-state index in [1.807, 2.05) is 4.90 Å². The Morgan fingerprint density at radius 1 is 1.38 bits per heavy atom. The first kappa shape index (κ1) is 19.0. The van der Waals surface area contributed by atoms with Crippen LogP contribution in [0.5, 0.6) is 0 Å². The summed E-state index contributed by atoms with van der Waals surface area (Å²) in [6, 6.07) is 4.17. The Bertz CT molecular complexity index is 695. The van der Waals surface area contributed by atoms with Gasteiger partial charge in [-0.1, -0.05) is 11.6 Å². The number of quaternary nitrogens is 1. The first-order valence-electron chi connectivity index (χ1n) is 8.58. The third-order valence-corrected chi connectivity index (χ3v) is 5.14. The molecule has 0 bridgehead atoms. The zero-order valence-corrected chi connectivity index (χ0v) is 15.0. The Morgan fingerprint density at radius 2 is 2.12 bits per heavy atom. The minimum Gasteiger partial charge on any atom is -0.448 e. The van der Waals surface area contributed by atoms with Crippen LogP contribution in [0.1, 0.15) is 12.8 Å². The molecule has 1 radical (unpaired) electrons. The highest BCUT2D eigenvalue weighted by molar-refractivity contribution is 6.31. The summed E-state index contributed by atoms with van der Waals surface area (Å²) in [6.45, 7) is 2.14. The monoisotopic (exact) mass is 385 g/mol. The summed E-state index contributed by atoms with van der Waals surface area (Å²) in [6.07, 6.45) is -0.216. The number of nitrogens with one attached hydrogen (secondary N) is 1. The van der Waals surface area contributed by atoms with E-state index in [-0.39, 0.29) is 34.5 Å². The second kappa shape index (κ2) is 7.87. The summed E-state index contributed by atoms with van der Waals surface area (Å²) in [5, 5.41) is 10.8. The summed E-state index contributed by atoms with van der Waals surface area (Å²) in [5.41, 5.74) is 3.66. The van der Waals surface area contributed by atoms with Crippen LogP contribution >= 0.6 is 11.6 Å². The zero-order valence-electron chi connectivity index (χ0n) is 14.2. The van der Waals surface area contributed by atoms with Crippen LogP contribution in [0.15, 0.2) is 18.2 Å². The molecule has 2 heterocycles. The molecule has 2 fully saturated rings. The number of esters is 1. The van der Waals surface area contributed by atoms with Crippen molar-refractivity contribution in [3.8, 4) is 0 Å². The van der Waals surface area contributed by atoms with Crippen LogP contribution in [0.4, 0.5) is 10.1 Å².